The Bertz CT molecular complexity index is 441. The van der Waals surface area contributed by atoms with E-state index in [4.69, 9.17) is 21.1 Å². The molecule has 0 aromatic heterocycles. The van der Waals surface area contributed by atoms with Crippen molar-refractivity contribution in [2.75, 3.05) is 33.4 Å². The number of ether oxygens (including phenoxy) is 2. The van der Waals surface area contributed by atoms with Gasteiger partial charge in [-0.1, -0.05) is 23.7 Å². The summed E-state index contributed by atoms with van der Waals surface area (Å²) in [5, 5.41) is 6.53. The van der Waals surface area contributed by atoms with Crippen molar-refractivity contribution in [1.82, 2.24) is 10.6 Å². The number of methoxy groups -OCH3 is 1. The molecule has 1 aromatic carbocycles. The standard InChI is InChI=1S/C15H23ClN2O3/c1-3-18-14(19)7-9-21-15-12(5-4-6-13(15)16)11-17-8-10-20-2/h4-6,17H,3,7-11H2,1-2H3,(H,18,19). The highest BCUT2D eigenvalue weighted by Crippen LogP contribution is 2.28. The SMILES string of the molecule is CCNC(=O)CCOc1c(Cl)cccc1CNCCOC. The molecule has 0 aliphatic rings. The normalized spacial score (nSPS) is 10.4. The van der Waals surface area contributed by atoms with Crippen LogP contribution in [0.15, 0.2) is 18.2 Å². The van der Waals surface area contributed by atoms with Gasteiger partial charge in [0, 0.05) is 32.3 Å². The molecule has 0 saturated heterocycles. The fraction of sp³-hybridized carbons (Fsp3) is 0.533. The summed E-state index contributed by atoms with van der Waals surface area (Å²) in [6.45, 7) is 4.85. The summed E-state index contributed by atoms with van der Waals surface area (Å²) in [7, 11) is 1.66. The van der Waals surface area contributed by atoms with Crippen molar-refractivity contribution in [1.29, 1.82) is 0 Å². The van der Waals surface area contributed by atoms with Crippen LogP contribution in [-0.4, -0.2) is 39.3 Å². The van der Waals surface area contributed by atoms with Gasteiger partial charge in [0.1, 0.15) is 5.75 Å². The first-order chi connectivity index (χ1) is 10.2. The second-order valence-corrected chi connectivity index (χ2v) is 4.86. The van der Waals surface area contributed by atoms with Gasteiger partial charge in [-0.2, -0.15) is 0 Å². The van der Waals surface area contributed by atoms with E-state index in [2.05, 4.69) is 10.6 Å². The minimum absolute atomic E-state index is 0.0238. The molecule has 0 saturated carbocycles. The molecule has 0 aliphatic carbocycles. The van der Waals surface area contributed by atoms with Gasteiger partial charge in [-0.3, -0.25) is 4.79 Å². The van der Waals surface area contributed by atoms with E-state index in [-0.39, 0.29) is 5.91 Å². The molecular formula is C15H23ClN2O3. The zero-order valence-corrected chi connectivity index (χ0v) is 13.3. The van der Waals surface area contributed by atoms with Crippen LogP contribution >= 0.6 is 11.6 Å². The topological polar surface area (TPSA) is 59.6 Å². The van der Waals surface area contributed by atoms with E-state index in [0.29, 0.717) is 43.5 Å². The molecule has 1 amide bonds. The quantitative estimate of drug-likeness (QED) is 0.648. The van der Waals surface area contributed by atoms with Crippen molar-refractivity contribution in [3.8, 4) is 5.75 Å². The third kappa shape index (κ3) is 6.80. The van der Waals surface area contributed by atoms with Gasteiger partial charge < -0.3 is 20.1 Å². The summed E-state index contributed by atoms with van der Waals surface area (Å²) >= 11 is 6.17. The number of hydrogen-bond acceptors (Lipinski definition) is 4. The Balaban J connectivity index is 2.52. The molecule has 0 unspecified atom stereocenters. The Kier molecular flexibility index (Phi) is 8.82. The second-order valence-electron chi connectivity index (χ2n) is 4.45. The Morgan fingerprint density at radius 3 is 2.86 bits per heavy atom. The first-order valence-corrected chi connectivity index (χ1v) is 7.43. The van der Waals surface area contributed by atoms with Gasteiger partial charge >= 0.3 is 0 Å². The van der Waals surface area contributed by atoms with Crippen LogP contribution in [0.4, 0.5) is 0 Å². The van der Waals surface area contributed by atoms with E-state index >= 15 is 0 Å². The summed E-state index contributed by atoms with van der Waals surface area (Å²) in [5.74, 6) is 0.609. The van der Waals surface area contributed by atoms with Gasteiger partial charge in [-0.15, -0.1) is 0 Å². The highest BCUT2D eigenvalue weighted by atomic mass is 35.5. The van der Waals surface area contributed by atoms with Gasteiger partial charge in [0.2, 0.25) is 5.91 Å². The van der Waals surface area contributed by atoms with Crippen molar-refractivity contribution in [3.63, 3.8) is 0 Å². The highest BCUT2D eigenvalue weighted by molar-refractivity contribution is 6.32. The summed E-state index contributed by atoms with van der Waals surface area (Å²) in [6, 6.07) is 5.61. The van der Waals surface area contributed by atoms with Crippen LogP contribution in [-0.2, 0) is 16.1 Å². The van der Waals surface area contributed by atoms with E-state index in [1.165, 1.54) is 0 Å². The van der Waals surface area contributed by atoms with E-state index in [0.717, 1.165) is 12.1 Å². The lowest BCUT2D eigenvalue weighted by Crippen LogP contribution is -2.24. The molecular weight excluding hydrogens is 292 g/mol. The number of hydrogen-bond donors (Lipinski definition) is 2. The lowest BCUT2D eigenvalue weighted by atomic mass is 10.2. The van der Waals surface area contributed by atoms with Crippen LogP contribution in [0.25, 0.3) is 0 Å². The van der Waals surface area contributed by atoms with Crippen molar-refractivity contribution >= 4 is 17.5 Å². The first kappa shape index (κ1) is 17.8. The summed E-state index contributed by atoms with van der Waals surface area (Å²) < 4.78 is 10.7. The maximum absolute atomic E-state index is 11.4. The maximum atomic E-state index is 11.4. The molecule has 6 heteroatoms. The molecule has 0 radical (unpaired) electrons. The Hall–Kier alpha value is -1.30. The Labute approximate surface area is 131 Å². The Morgan fingerprint density at radius 2 is 2.14 bits per heavy atom. The number of para-hydroxylation sites is 1. The molecule has 1 rings (SSSR count). The van der Waals surface area contributed by atoms with Crippen molar-refractivity contribution in [2.24, 2.45) is 0 Å². The number of amides is 1. The van der Waals surface area contributed by atoms with Crippen LogP contribution in [0.1, 0.15) is 18.9 Å². The molecule has 2 N–H and O–H groups in total. The average molecular weight is 315 g/mol. The van der Waals surface area contributed by atoms with Gasteiger partial charge in [0.15, 0.2) is 0 Å². The van der Waals surface area contributed by atoms with Crippen LogP contribution < -0.4 is 15.4 Å². The molecule has 1 aromatic rings. The third-order valence-electron chi connectivity index (χ3n) is 2.80. The van der Waals surface area contributed by atoms with Crippen LogP contribution in [0.5, 0.6) is 5.75 Å². The van der Waals surface area contributed by atoms with Gasteiger partial charge in [-0.25, -0.2) is 0 Å². The number of halogens is 1. The monoisotopic (exact) mass is 314 g/mol. The number of carbonyl (C=O) groups excluding carboxylic acids is 1. The second kappa shape index (κ2) is 10.4. The predicted molar refractivity (Wildman–Crippen MR) is 83.8 cm³/mol. The minimum Gasteiger partial charge on any atom is -0.491 e. The summed E-state index contributed by atoms with van der Waals surface area (Å²) in [5.41, 5.74) is 0.967. The lowest BCUT2D eigenvalue weighted by Gasteiger charge is -2.13. The molecule has 21 heavy (non-hydrogen) atoms. The fourth-order valence-electron chi connectivity index (χ4n) is 1.78. The fourth-order valence-corrected chi connectivity index (χ4v) is 2.03. The molecule has 0 bridgehead atoms. The summed E-state index contributed by atoms with van der Waals surface area (Å²) in [4.78, 5) is 11.4. The largest absolute Gasteiger partial charge is 0.491 e. The molecule has 0 heterocycles. The zero-order valence-electron chi connectivity index (χ0n) is 12.6. The van der Waals surface area contributed by atoms with Crippen molar-refractivity contribution in [3.05, 3.63) is 28.8 Å². The van der Waals surface area contributed by atoms with E-state index in [9.17, 15) is 4.79 Å². The summed E-state index contributed by atoms with van der Waals surface area (Å²) in [6.07, 6.45) is 0.315. The van der Waals surface area contributed by atoms with Crippen LogP contribution in [0.2, 0.25) is 5.02 Å². The molecule has 0 spiro atoms. The Morgan fingerprint density at radius 1 is 1.33 bits per heavy atom. The van der Waals surface area contributed by atoms with Gasteiger partial charge in [0.25, 0.3) is 0 Å². The van der Waals surface area contributed by atoms with Crippen LogP contribution in [0, 0.1) is 0 Å². The minimum atomic E-state index is -0.0238. The number of rotatable bonds is 10. The van der Waals surface area contributed by atoms with Crippen molar-refractivity contribution < 1.29 is 14.3 Å². The van der Waals surface area contributed by atoms with Crippen LogP contribution in [0.3, 0.4) is 0 Å². The molecule has 0 atom stereocenters. The maximum Gasteiger partial charge on any atom is 0.223 e. The molecule has 0 aliphatic heterocycles. The third-order valence-corrected chi connectivity index (χ3v) is 3.09. The number of benzene rings is 1. The van der Waals surface area contributed by atoms with E-state index in [1.807, 2.05) is 19.1 Å². The number of carbonyl (C=O) groups is 1. The molecule has 0 fully saturated rings. The van der Waals surface area contributed by atoms with Gasteiger partial charge in [0.05, 0.1) is 24.7 Å². The predicted octanol–water partition coefficient (Wildman–Crippen LogP) is 1.98. The smallest absolute Gasteiger partial charge is 0.223 e. The number of nitrogens with one attached hydrogen (secondary N) is 2. The molecule has 118 valence electrons. The van der Waals surface area contributed by atoms with E-state index in [1.54, 1.807) is 13.2 Å². The molecule has 5 nitrogen and oxygen atoms in total. The lowest BCUT2D eigenvalue weighted by molar-refractivity contribution is -0.121. The van der Waals surface area contributed by atoms with Gasteiger partial charge in [-0.05, 0) is 13.0 Å². The van der Waals surface area contributed by atoms with E-state index < -0.39 is 0 Å². The zero-order chi connectivity index (χ0) is 15.5. The van der Waals surface area contributed by atoms with Crippen molar-refractivity contribution in [2.45, 2.75) is 19.9 Å². The highest BCUT2D eigenvalue weighted by Gasteiger charge is 2.09. The first-order valence-electron chi connectivity index (χ1n) is 7.05. The average Bonchev–Trinajstić information content (AvgIpc) is 2.46.